The van der Waals surface area contributed by atoms with Crippen LogP contribution in [0.15, 0.2) is 78.5 Å². The largest absolute Gasteiger partial charge is 2.00 e. The molecule has 52 heavy (non-hydrogen) atoms. The van der Waals surface area contributed by atoms with Crippen LogP contribution in [-0.2, 0) is 31.9 Å². The predicted octanol–water partition coefficient (Wildman–Crippen LogP) is 12.2. The fourth-order valence-electron chi connectivity index (χ4n) is 8.07. The maximum absolute atomic E-state index is 6.72. The third-order valence-corrected chi connectivity index (χ3v) is 10.9. The Labute approximate surface area is 324 Å². The van der Waals surface area contributed by atoms with Gasteiger partial charge in [0.25, 0.3) is 0 Å². The van der Waals surface area contributed by atoms with Gasteiger partial charge in [0.2, 0.25) is 0 Å². The smallest absolute Gasteiger partial charge is 0.509 e. The summed E-state index contributed by atoms with van der Waals surface area (Å²) in [4.78, 5) is 4.85. The minimum Gasteiger partial charge on any atom is -0.509 e. The molecule has 6 aromatic rings. The van der Waals surface area contributed by atoms with Crippen LogP contribution in [0.2, 0.25) is 0 Å². The van der Waals surface area contributed by atoms with Crippen LogP contribution in [0.25, 0.3) is 33.3 Å². The molecule has 2 atom stereocenters. The van der Waals surface area contributed by atoms with Crippen LogP contribution in [0.1, 0.15) is 115 Å². The zero-order valence-corrected chi connectivity index (χ0v) is 34.7. The van der Waals surface area contributed by atoms with E-state index in [4.69, 9.17) is 14.8 Å². The number of benzene rings is 3. The van der Waals surface area contributed by atoms with Gasteiger partial charge in [-0.3, -0.25) is 4.68 Å². The fourth-order valence-corrected chi connectivity index (χ4v) is 8.07. The van der Waals surface area contributed by atoms with E-state index in [-0.39, 0.29) is 31.9 Å². The second-order valence-electron chi connectivity index (χ2n) is 16.4. The molecule has 3 aromatic heterocycles. The Morgan fingerprint density at radius 2 is 1.60 bits per heavy atom. The van der Waals surface area contributed by atoms with Crippen molar-refractivity contribution in [3.05, 3.63) is 119 Å². The van der Waals surface area contributed by atoms with Crippen molar-refractivity contribution in [2.24, 2.45) is 5.92 Å². The molecule has 6 heteroatoms. The van der Waals surface area contributed by atoms with Gasteiger partial charge in [0.15, 0.2) is 0 Å². The molecular weight excluding hydrogens is 820 g/mol. The van der Waals surface area contributed by atoms with E-state index in [1.54, 1.807) is 5.57 Å². The van der Waals surface area contributed by atoms with Crippen LogP contribution in [-0.4, -0.2) is 19.3 Å². The molecule has 1 aliphatic carbocycles. The Bertz CT molecular complexity index is 2280. The summed E-state index contributed by atoms with van der Waals surface area (Å²) < 4.78 is 11.0. The molecule has 0 saturated heterocycles. The molecule has 272 valence electrons. The Morgan fingerprint density at radius 1 is 0.846 bits per heavy atom. The summed E-state index contributed by atoms with van der Waals surface area (Å²) in [5.74, 6) is 3.20. The van der Waals surface area contributed by atoms with Gasteiger partial charge in [0.1, 0.15) is 5.82 Å². The molecule has 5 nitrogen and oxygen atoms in total. The molecule has 7 rings (SSSR count). The van der Waals surface area contributed by atoms with E-state index in [0.717, 1.165) is 51.0 Å². The van der Waals surface area contributed by atoms with Crippen LogP contribution in [0, 0.1) is 31.9 Å². The van der Waals surface area contributed by atoms with Crippen molar-refractivity contribution in [1.82, 2.24) is 19.3 Å². The van der Waals surface area contributed by atoms with E-state index in [9.17, 15) is 0 Å². The number of aryl methyl sites for hydroxylation is 1. The summed E-state index contributed by atoms with van der Waals surface area (Å²) >= 11 is 0. The average Bonchev–Trinajstić information content (AvgIpc) is 3.59. The first-order valence-electron chi connectivity index (χ1n) is 18.7. The zero-order valence-electron chi connectivity index (χ0n) is 32.4. The van der Waals surface area contributed by atoms with Gasteiger partial charge in [0.05, 0.1) is 5.69 Å². The summed E-state index contributed by atoms with van der Waals surface area (Å²) in [5, 5.41) is 7.45. The van der Waals surface area contributed by atoms with E-state index in [1.165, 1.54) is 36.1 Å². The number of fused-ring (bicyclic) bond motifs is 3. The van der Waals surface area contributed by atoms with Gasteiger partial charge < -0.3 is 9.30 Å². The van der Waals surface area contributed by atoms with Crippen LogP contribution in [0.4, 0.5) is 0 Å². The number of rotatable bonds is 7. The topological polar surface area (TPSA) is 44.9 Å². The van der Waals surface area contributed by atoms with Gasteiger partial charge in [-0.05, 0) is 84.7 Å². The zero-order chi connectivity index (χ0) is 36.2. The first kappa shape index (κ1) is 37.8. The Kier molecular flexibility index (Phi) is 10.5. The summed E-state index contributed by atoms with van der Waals surface area (Å²) in [6.07, 6.45) is 9.05. The molecule has 0 amide bonds. The Balaban J connectivity index is 0.00000464. The third kappa shape index (κ3) is 6.94. The molecular formula is C46H52N4OPt. The molecule has 3 heterocycles. The van der Waals surface area contributed by atoms with E-state index in [1.807, 2.05) is 12.3 Å². The number of ether oxygens (including phenoxy) is 1. The van der Waals surface area contributed by atoms with Crippen LogP contribution >= 0.6 is 0 Å². The van der Waals surface area contributed by atoms with Crippen molar-refractivity contribution >= 4 is 21.8 Å². The molecule has 0 aliphatic heterocycles. The van der Waals surface area contributed by atoms with Gasteiger partial charge in [-0.25, -0.2) is 4.98 Å². The first-order chi connectivity index (χ1) is 24.3. The second-order valence-corrected chi connectivity index (χ2v) is 16.4. The molecule has 0 bridgehead atoms. The van der Waals surface area contributed by atoms with Crippen molar-refractivity contribution in [2.45, 2.75) is 112 Å². The van der Waals surface area contributed by atoms with Gasteiger partial charge in [-0.1, -0.05) is 97.2 Å². The number of pyridine rings is 1. The monoisotopic (exact) mass is 871 g/mol. The summed E-state index contributed by atoms with van der Waals surface area (Å²) in [6.45, 7) is 22.5. The number of hydrogen-bond acceptors (Lipinski definition) is 3. The number of allylic oxidation sites excluding steroid dienone is 2. The maximum atomic E-state index is 6.72. The minimum atomic E-state index is -0.112. The third-order valence-electron chi connectivity index (χ3n) is 10.9. The van der Waals surface area contributed by atoms with Gasteiger partial charge >= 0.3 is 21.1 Å². The van der Waals surface area contributed by atoms with E-state index >= 15 is 0 Å². The van der Waals surface area contributed by atoms with Crippen LogP contribution in [0.5, 0.6) is 11.5 Å². The average molecular weight is 872 g/mol. The SMILES string of the molecule is CCC1=CCC[C@H](CC)C1c1c(C)nn(-c2[c-]c(Oc3[c-]c4c(cc3)c3ccccc3n4-c3cc(C(C)(C)C)ccn3)cc(C(C)(C)C)c2)c1C.[Pt+2]. The number of aromatic nitrogens is 4. The van der Waals surface area contributed by atoms with Crippen LogP contribution < -0.4 is 4.74 Å². The van der Waals surface area contributed by atoms with E-state index in [2.05, 4.69) is 151 Å². The van der Waals surface area contributed by atoms with Crippen molar-refractivity contribution in [3.8, 4) is 23.0 Å². The van der Waals surface area contributed by atoms with Crippen molar-refractivity contribution in [1.29, 1.82) is 0 Å². The molecule has 0 saturated carbocycles. The molecule has 1 unspecified atom stereocenters. The molecule has 0 spiro atoms. The Hall–Kier alpha value is -3.95. The van der Waals surface area contributed by atoms with Gasteiger partial charge in [0, 0.05) is 40.4 Å². The van der Waals surface area contributed by atoms with E-state index in [0.29, 0.717) is 23.3 Å². The van der Waals surface area contributed by atoms with Gasteiger partial charge in [-0.2, -0.15) is 11.2 Å². The first-order valence-corrected chi connectivity index (χ1v) is 18.7. The molecule has 0 N–H and O–H groups in total. The number of hydrogen-bond donors (Lipinski definition) is 0. The normalized spacial score (nSPS) is 16.6. The van der Waals surface area contributed by atoms with Crippen LogP contribution in [0.3, 0.4) is 0 Å². The standard InChI is InChI=1S/C46H52N4O.Pt/c1-11-31-16-15-17-32(12-2)44(31)43-29(3)48-50(30(43)4)35-24-34(46(8,9)10)25-37(27-35)51-36-20-21-39-38-18-13-14-19-40(38)49(41(39)28-36)42-26-33(22-23-47-42)45(5,6)7;/h13-14,16,18-26,32,44H,11-12,15,17H2,1-10H3;/q-2;+2/t32-,44?;/m0./s1. The van der Waals surface area contributed by atoms with Crippen molar-refractivity contribution in [2.75, 3.05) is 0 Å². The quantitative estimate of drug-likeness (QED) is 0.119. The summed E-state index contributed by atoms with van der Waals surface area (Å²) in [7, 11) is 0. The number of para-hydroxylation sites is 1. The predicted molar refractivity (Wildman–Crippen MR) is 211 cm³/mol. The molecule has 3 aromatic carbocycles. The summed E-state index contributed by atoms with van der Waals surface area (Å²) in [5.41, 5.74) is 10.4. The maximum Gasteiger partial charge on any atom is 2.00 e. The second kappa shape index (κ2) is 14.5. The van der Waals surface area contributed by atoms with Crippen molar-refractivity contribution < 1.29 is 25.8 Å². The van der Waals surface area contributed by atoms with Gasteiger partial charge in [-0.15, -0.1) is 41.3 Å². The molecule has 0 fully saturated rings. The fraction of sp³-hybridized carbons (Fsp3) is 0.391. The summed E-state index contributed by atoms with van der Waals surface area (Å²) in [6, 6.07) is 28.6. The van der Waals surface area contributed by atoms with E-state index < -0.39 is 0 Å². The molecule has 1 aliphatic rings. The molecule has 0 radical (unpaired) electrons. The Morgan fingerprint density at radius 3 is 2.31 bits per heavy atom. The minimum absolute atomic E-state index is 0. The number of nitrogens with zero attached hydrogens (tertiary/aromatic N) is 4. The van der Waals surface area contributed by atoms with Crippen molar-refractivity contribution in [3.63, 3.8) is 0 Å².